The number of nitrogens with zero attached hydrogens (tertiary/aromatic N) is 5. The molecule has 1 atom stereocenters. The second-order valence-corrected chi connectivity index (χ2v) is 5.35. The van der Waals surface area contributed by atoms with Crippen LogP contribution in [0.3, 0.4) is 0 Å². The number of anilines is 1. The molecule has 1 aliphatic rings. The van der Waals surface area contributed by atoms with Gasteiger partial charge >= 0.3 is 0 Å². The van der Waals surface area contributed by atoms with E-state index in [1.54, 1.807) is 53.8 Å². The monoisotopic (exact) mass is 334 g/mol. The van der Waals surface area contributed by atoms with Gasteiger partial charge in [0, 0.05) is 37.3 Å². The Balaban J connectivity index is 1.67. The number of ether oxygens (including phenoxy) is 1. The summed E-state index contributed by atoms with van der Waals surface area (Å²) in [6.45, 7) is 0. The number of hydrogen-bond donors (Lipinski definition) is 1. The minimum atomic E-state index is -0.297. The molecule has 8 heteroatoms. The predicted octanol–water partition coefficient (Wildman–Crippen LogP) is 2.28. The molecule has 8 nitrogen and oxygen atoms in total. The highest BCUT2D eigenvalue weighted by Crippen LogP contribution is 2.25. The van der Waals surface area contributed by atoms with Gasteiger partial charge in [-0.3, -0.25) is 9.78 Å². The molecule has 4 heterocycles. The number of pyridine rings is 1. The van der Waals surface area contributed by atoms with Gasteiger partial charge in [-0.1, -0.05) is 0 Å². The van der Waals surface area contributed by atoms with Crippen molar-refractivity contribution < 1.29 is 9.53 Å². The van der Waals surface area contributed by atoms with Crippen LogP contribution in [0, 0.1) is 0 Å². The summed E-state index contributed by atoms with van der Waals surface area (Å²) < 4.78 is 7.10. The van der Waals surface area contributed by atoms with Crippen LogP contribution >= 0.6 is 0 Å². The number of carbonyl (C=O) groups excluding carboxylic acids is 1. The van der Waals surface area contributed by atoms with Crippen molar-refractivity contribution >= 4 is 11.7 Å². The first-order valence-corrected chi connectivity index (χ1v) is 7.70. The average Bonchev–Trinajstić information content (AvgIpc) is 3.36. The van der Waals surface area contributed by atoms with Gasteiger partial charge in [0.25, 0.3) is 5.91 Å². The second-order valence-electron chi connectivity index (χ2n) is 5.35. The predicted molar refractivity (Wildman–Crippen MR) is 88.9 cm³/mol. The Bertz CT molecular complexity index is 900. The standard InChI is InChI=1S/C17H14N6O2/c24-17(12-4-1-6-18-11-12)21-14-10-15(23-8-3-7-19-23)22-16(20-14)13-5-2-9-25-13/h1-4,6-11,13H,5H2,(H,20,21,22,24). The summed E-state index contributed by atoms with van der Waals surface area (Å²) in [6.07, 6.45) is 10.5. The van der Waals surface area contributed by atoms with E-state index >= 15 is 0 Å². The van der Waals surface area contributed by atoms with Crippen LogP contribution in [0.15, 0.2) is 61.4 Å². The highest BCUT2D eigenvalue weighted by Gasteiger charge is 2.20. The molecule has 1 aliphatic heterocycles. The molecule has 0 aliphatic carbocycles. The third-order valence-electron chi connectivity index (χ3n) is 3.61. The fourth-order valence-electron chi connectivity index (χ4n) is 2.42. The molecule has 3 aromatic rings. The van der Waals surface area contributed by atoms with Gasteiger partial charge in [-0.05, 0) is 24.3 Å². The first-order chi connectivity index (χ1) is 12.3. The highest BCUT2D eigenvalue weighted by molar-refractivity contribution is 6.03. The van der Waals surface area contributed by atoms with Crippen LogP contribution in [0.2, 0.25) is 0 Å². The van der Waals surface area contributed by atoms with Crippen molar-refractivity contribution in [1.82, 2.24) is 24.7 Å². The summed E-state index contributed by atoms with van der Waals surface area (Å²) in [6, 6.07) is 6.84. The molecule has 3 aromatic heterocycles. The van der Waals surface area contributed by atoms with Crippen molar-refractivity contribution in [1.29, 1.82) is 0 Å². The maximum absolute atomic E-state index is 12.4. The molecule has 0 fully saturated rings. The lowest BCUT2D eigenvalue weighted by Crippen LogP contribution is -2.16. The molecule has 0 saturated carbocycles. The van der Waals surface area contributed by atoms with E-state index in [0.717, 1.165) is 0 Å². The van der Waals surface area contributed by atoms with Crippen LogP contribution in [-0.2, 0) is 4.74 Å². The SMILES string of the molecule is O=C(Nc1cc(-n2cccn2)nc(C2CC=CO2)n1)c1cccnc1. The Kier molecular flexibility index (Phi) is 3.91. The van der Waals surface area contributed by atoms with Crippen LogP contribution < -0.4 is 5.32 Å². The lowest BCUT2D eigenvalue weighted by atomic mass is 10.2. The third kappa shape index (κ3) is 3.23. The van der Waals surface area contributed by atoms with E-state index < -0.39 is 0 Å². The molecular weight excluding hydrogens is 320 g/mol. The number of amides is 1. The zero-order valence-electron chi connectivity index (χ0n) is 13.1. The van der Waals surface area contributed by atoms with Gasteiger partial charge < -0.3 is 10.1 Å². The Morgan fingerprint density at radius 1 is 1.28 bits per heavy atom. The molecule has 1 unspecified atom stereocenters. The van der Waals surface area contributed by atoms with Crippen LogP contribution in [0.25, 0.3) is 5.82 Å². The number of aromatic nitrogens is 5. The van der Waals surface area contributed by atoms with Crippen molar-refractivity contribution in [2.75, 3.05) is 5.32 Å². The maximum Gasteiger partial charge on any atom is 0.258 e. The largest absolute Gasteiger partial charge is 0.490 e. The van der Waals surface area contributed by atoms with Gasteiger partial charge in [0.2, 0.25) is 0 Å². The minimum absolute atomic E-state index is 0.274. The summed E-state index contributed by atoms with van der Waals surface area (Å²) in [5.74, 6) is 1.11. The van der Waals surface area contributed by atoms with Crippen LogP contribution in [0.4, 0.5) is 5.82 Å². The van der Waals surface area contributed by atoms with Crippen LogP contribution in [0.1, 0.15) is 28.7 Å². The molecule has 1 amide bonds. The van der Waals surface area contributed by atoms with E-state index in [1.165, 1.54) is 6.20 Å². The Morgan fingerprint density at radius 2 is 2.24 bits per heavy atom. The van der Waals surface area contributed by atoms with Gasteiger partial charge in [-0.15, -0.1) is 0 Å². The van der Waals surface area contributed by atoms with Gasteiger partial charge in [-0.25, -0.2) is 14.6 Å². The van der Waals surface area contributed by atoms with E-state index in [0.29, 0.717) is 29.4 Å². The molecule has 25 heavy (non-hydrogen) atoms. The summed E-state index contributed by atoms with van der Waals surface area (Å²) in [4.78, 5) is 25.2. The Hall–Kier alpha value is -3.55. The molecule has 124 valence electrons. The smallest absolute Gasteiger partial charge is 0.258 e. The zero-order valence-corrected chi connectivity index (χ0v) is 13.1. The fourth-order valence-corrected chi connectivity index (χ4v) is 2.42. The van der Waals surface area contributed by atoms with E-state index in [2.05, 4.69) is 25.4 Å². The lowest BCUT2D eigenvalue weighted by Gasteiger charge is -2.13. The summed E-state index contributed by atoms with van der Waals surface area (Å²) in [7, 11) is 0. The van der Waals surface area contributed by atoms with Gasteiger partial charge in [0.05, 0.1) is 11.8 Å². The normalized spacial score (nSPS) is 15.8. The maximum atomic E-state index is 12.4. The quantitative estimate of drug-likeness (QED) is 0.786. The molecule has 0 aromatic carbocycles. The van der Waals surface area contributed by atoms with E-state index in [-0.39, 0.29) is 12.0 Å². The minimum Gasteiger partial charge on any atom is -0.490 e. The highest BCUT2D eigenvalue weighted by atomic mass is 16.5. The Labute approximate surface area is 143 Å². The summed E-state index contributed by atoms with van der Waals surface area (Å²) in [5.41, 5.74) is 0.446. The van der Waals surface area contributed by atoms with E-state index in [4.69, 9.17) is 4.74 Å². The van der Waals surface area contributed by atoms with Gasteiger partial charge in [0.15, 0.2) is 17.7 Å². The summed E-state index contributed by atoms with van der Waals surface area (Å²) in [5, 5.41) is 6.96. The molecular formula is C17H14N6O2. The molecule has 0 radical (unpaired) electrons. The average molecular weight is 334 g/mol. The van der Waals surface area contributed by atoms with Crippen LogP contribution in [0.5, 0.6) is 0 Å². The summed E-state index contributed by atoms with van der Waals surface area (Å²) >= 11 is 0. The number of hydrogen-bond acceptors (Lipinski definition) is 6. The van der Waals surface area contributed by atoms with E-state index in [1.807, 2.05) is 6.08 Å². The molecule has 1 N–H and O–H groups in total. The Morgan fingerprint density at radius 3 is 2.96 bits per heavy atom. The number of nitrogens with one attached hydrogen (secondary N) is 1. The topological polar surface area (TPSA) is 94.8 Å². The van der Waals surface area contributed by atoms with Crippen LogP contribution in [-0.4, -0.2) is 30.6 Å². The van der Waals surface area contributed by atoms with Crippen molar-refractivity contribution in [2.45, 2.75) is 12.5 Å². The van der Waals surface area contributed by atoms with Gasteiger partial charge in [0.1, 0.15) is 5.82 Å². The van der Waals surface area contributed by atoms with E-state index in [9.17, 15) is 4.79 Å². The van der Waals surface area contributed by atoms with Crippen molar-refractivity contribution in [2.24, 2.45) is 0 Å². The lowest BCUT2D eigenvalue weighted by molar-refractivity contribution is 0.102. The van der Waals surface area contributed by atoms with Crippen molar-refractivity contribution in [3.8, 4) is 5.82 Å². The zero-order chi connectivity index (χ0) is 17.1. The first kappa shape index (κ1) is 15.0. The third-order valence-corrected chi connectivity index (χ3v) is 3.61. The number of rotatable bonds is 4. The van der Waals surface area contributed by atoms with Crippen molar-refractivity contribution in [3.05, 3.63) is 72.8 Å². The number of carbonyl (C=O) groups is 1. The fraction of sp³-hybridized carbons (Fsp3) is 0.118. The molecule has 0 saturated heterocycles. The van der Waals surface area contributed by atoms with Gasteiger partial charge in [-0.2, -0.15) is 5.10 Å². The first-order valence-electron chi connectivity index (χ1n) is 7.70. The molecule has 0 spiro atoms. The van der Waals surface area contributed by atoms with Crippen molar-refractivity contribution in [3.63, 3.8) is 0 Å². The molecule has 0 bridgehead atoms. The molecule has 4 rings (SSSR count). The second kappa shape index (κ2) is 6.52.